The van der Waals surface area contributed by atoms with Gasteiger partial charge in [-0.25, -0.2) is 9.97 Å². The van der Waals surface area contributed by atoms with Crippen LogP contribution in [0.3, 0.4) is 0 Å². The third kappa shape index (κ3) is 3.33. The number of carbonyl (C=O) groups excluding carboxylic acids is 1. The van der Waals surface area contributed by atoms with Gasteiger partial charge in [-0.2, -0.15) is 5.10 Å². The van der Waals surface area contributed by atoms with Crippen molar-refractivity contribution in [3.05, 3.63) is 60.0 Å². The number of fused-ring (bicyclic) bond motifs is 1. The average molecular weight is 428 g/mol. The lowest BCUT2D eigenvalue weighted by atomic mass is 10.0. The predicted molar refractivity (Wildman–Crippen MR) is 126 cm³/mol. The van der Waals surface area contributed by atoms with Crippen molar-refractivity contribution in [1.82, 2.24) is 19.7 Å². The fourth-order valence-corrected chi connectivity index (χ4v) is 4.51. The van der Waals surface area contributed by atoms with Gasteiger partial charge in [0.25, 0.3) is 0 Å². The molecular formula is C24H25N7O. The van der Waals surface area contributed by atoms with E-state index in [1.54, 1.807) is 10.9 Å². The number of pyridine rings is 2. The Morgan fingerprint density at radius 3 is 2.75 bits per heavy atom. The molecule has 1 fully saturated rings. The number of hydrogen-bond donors (Lipinski definition) is 3. The molecule has 3 heterocycles. The highest BCUT2D eigenvalue weighted by molar-refractivity contribution is 5.99. The Kier molecular flexibility index (Phi) is 4.58. The SMILES string of the molecule is Cc1c(N)cccc1-c1cc2cc(NC(=O)[C@H]3[C@@H](C)[C@@H]3c3cnn(C)c3)ncc2c(N)n1. The van der Waals surface area contributed by atoms with Gasteiger partial charge in [0.15, 0.2) is 0 Å². The number of hydrogen-bond acceptors (Lipinski definition) is 6. The van der Waals surface area contributed by atoms with Crippen LogP contribution in [0.4, 0.5) is 17.3 Å². The summed E-state index contributed by atoms with van der Waals surface area (Å²) in [5.74, 6) is 1.20. The zero-order valence-corrected chi connectivity index (χ0v) is 18.2. The van der Waals surface area contributed by atoms with Crippen LogP contribution in [0.2, 0.25) is 0 Å². The highest BCUT2D eigenvalue weighted by Crippen LogP contribution is 2.54. The number of anilines is 3. The Labute approximate surface area is 185 Å². The lowest BCUT2D eigenvalue weighted by Crippen LogP contribution is -2.16. The molecule has 0 radical (unpaired) electrons. The fourth-order valence-electron chi connectivity index (χ4n) is 4.51. The molecule has 1 saturated carbocycles. The summed E-state index contributed by atoms with van der Waals surface area (Å²) in [7, 11) is 1.88. The molecule has 8 heteroatoms. The van der Waals surface area contributed by atoms with E-state index < -0.39 is 0 Å². The highest BCUT2D eigenvalue weighted by atomic mass is 16.2. The molecule has 5 rings (SSSR count). The number of aromatic nitrogens is 4. The minimum Gasteiger partial charge on any atom is -0.398 e. The van der Waals surface area contributed by atoms with E-state index in [0.29, 0.717) is 17.3 Å². The number of benzene rings is 1. The third-order valence-electron chi connectivity index (χ3n) is 6.44. The van der Waals surface area contributed by atoms with Crippen molar-refractivity contribution in [1.29, 1.82) is 0 Å². The Hall–Kier alpha value is -3.94. The van der Waals surface area contributed by atoms with E-state index in [2.05, 4.69) is 27.3 Å². The molecule has 1 aromatic carbocycles. The topological polar surface area (TPSA) is 125 Å². The lowest BCUT2D eigenvalue weighted by Gasteiger charge is -2.11. The smallest absolute Gasteiger partial charge is 0.229 e. The molecule has 32 heavy (non-hydrogen) atoms. The fraction of sp³-hybridized carbons (Fsp3) is 0.250. The van der Waals surface area contributed by atoms with Crippen LogP contribution in [0, 0.1) is 18.8 Å². The summed E-state index contributed by atoms with van der Waals surface area (Å²) >= 11 is 0. The molecule has 3 aromatic heterocycles. The standard InChI is InChI=1S/C24H25N7O/c1-12-16(5-4-6-18(12)25)19-7-14-8-20(27-10-17(14)23(26)29-19)30-24(32)22-13(2)21(22)15-9-28-31(3)11-15/h4-11,13,21-22H,25H2,1-3H3,(H2,26,29)(H,27,30,32)/t13-,21+,22-/m0/s1. The zero-order chi connectivity index (χ0) is 22.6. The number of nitrogens with one attached hydrogen (secondary N) is 1. The van der Waals surface area contributed by atoms with Crippen molar-refractivity contribution in [2.75, 3.05) is 16.8 Å². The van der Waals surface area contributed by atoms with E-state index in [1.807, 2.05) is 56.7 Å². The quantitative estimate of drug-likeness (QED) is 0.428. The Morgan fingerprint density at radius 2 is 2.00 bits per heavy atom. The molecule has 0 aliphatic heterocycles. The van der Waals surface area contributed by atoms with Crippen molar-refractivity contribution in [2.45, 2.75) is 19.8 Å². The van der Waals surface area contributed by atoms with Crippen LogP contribution in [0.1, 0.15) is 24.0 Å². The van der Waals surface area contributed by atoms with Crippen molar-refractivity contribution < 1.29 is 4.79 Å². The van der Waals surface area contributed by atoms with E-state index in [1.165, 1.54) is 0 Å². The summed E-state index contributed by atoms with van der Waals surface area (Å²) in [6.07, 6.45) is 5.45. The van der Waals surface area contributed by atoms with Crippen molar-refractivity contribution in [2.24, 2.45) is 18.9 Å². The normalized spacial score (nSPS) is 19.8. The second kappa shape index (κ2) is 7.33. The molecule has 4 aromatic rings. The van der Waals surface area contributed by atoms with Gasteiger partial charge in [0.2, 0.25) is 5.91 Å². The number of carbonyl (C=O) groups is 1. The van der Waals surface area contributed by atoms with Gasteiger partial charge in [0.05, 0.1) is 11.9 Å². The van der Waals surface area contributed by atoms with E-state index in [9.17, 15) is 4.79 Å². The Morgan fingerprint density at radius 1 is 1.19 bits per heavy atom. The number of aryl methyl sites for hydroxylation is 1. The molecule has 0 saturated heterocycles. The molecule has 3 atom stereocenters. The third-order valence-corrected chi connectivity index (χ3v) is 6.44. The summed E-state index contributed by atoms with van der Waals surface area (Å²) in [5, 5.41) is 8.79. The Balaban J connectivity index is 1.43. The number of nitrogens with two attached hydrogens (primary N) is 2. The maximum atomic E-state index is 12.9. The van der Waals surface area contributed by atoms with Crippen LogP contribution in [0.25, 0.3) is 22.0 Å². The van der Waals surface area contributed by atoms with Crippen LogP contribution in [0.15, 0.2) is 48.9 Å². The highest BCUT2D eigenvalue weighted by Gasteiger charge is 2.52. The summed E-state index contributed by atoms with van der Waals surface area (Å²) in [6.45, 7) is 4.04. The minimum absolute atomic E-state index is 0.0351. The number of nitrogen functional groups attached to an aromatic ring is 2. The molecule has 8 nitrogen and oxygen atoms in total. The van der Waals surface area contributed by atoms with Crippen molar-refractivity contribution in [3.63, 3.8) is 0 Å². The van der Waals surface area contributed by atoms with Gasteiger partial charge in [-0.05, 0) is 47.6 Å². The molecule has 1 aliphatic rings. The second-order valence-corrected chi connectivity index (χ2v) is 8.55. The number of amides is 1. The van der Waals surface area contributed by atoms with Crippen molar-refractivity contribution >= 4 is 34.0 Å². The van der Waals surface area contributed by atoms with E-state index in [4.69, 9.17) is 11.5 Å². The molecule has 1 amide bonds. The minimum atomic E-state index is -0.0929. The van der Waals surface area contributed by atoms with Gasteiger partial charge in [0, 0.05) is 47.9 Å². The first-order valence-corrected chi connectivity index (χ1v) is 10.5. The molecule has 5 N–H and O–H groups in total. The molecule has 0 unspecified atom stereocenters. The summed E-state index contributed by atoms with van der Waals surface area (Å²) < 4.78 is 1.76. The van der Waals surface area contributed by atoms with Crippen molar-refractivity contribution in [3.8, 4) is 11.3 Å². The van der Waals surface area contributed by atoms with Gasteiger partial charge >= 0.3 is 0 Å². The maximum absolute atomic E-state index is 12.9. The second-order valence-electron chi connectivity index (χ2n) is 8.55. The first kappa shape index (κ1) is 20.0. The summed E-state index contributed by atoms with van der Waals surface area (Å²) in [6, 6.07) is 9.51. The monoisotopic (exact) mass is 427 g/mol. The maximum Gasteiger partial charge on any atom is 0.229 e. The van der Waals surface area contributed by atoms with E-state index >= 15 is 0 Å². The first-order chi connectivity index (χ1) is 15.3. The molecule has 162 valence electrons. The number of rotatable bonds is 4. The van der Waals surface area contributed by atoms with E-state index in [-0.39, 0.29) is 23.7 Å². The molecule has 0 spiro atoms. The summed E-state index contributed by atoms with van der Waals surface area (Å²) in [5.41, 5.74) is 16.7. The lowest BCUT2D eigenvalue weighted by molar-refractivity contribution is -0.117. The first-order valence-electron chi connectivity index (χ1n) is 10.5. The van der Waals surface area contributed by atoms with Crippen LogP contribution in [-0.4, -0.2) is 25.7 Å². The van der Waals surface area contributed by atoms with Gasteiger partial charge < -0.3 is 16.8 Å². The van der Waals surface area contributed by atoms with Crippen LogP contribution < -0.4 is 16.8 Å². The summed E-state index contributed by atoms with van der Waals surface area (Å²) in [4.78, 5) is 21.9. The predicted octanol–water partition coefficient (Wildman–Crippen LogP) is 3.49. The van der Waals surface area contributed by atoms with Gasteiger partial charge in [-0.3, -0.25) is 9.48 Å². The van der Waals surface area contributed by atoms with Crippen LogP contribution in [0.5, 0.6) is 0 Å². The van der Waals surface area contributed by atoms with Gasteiger partial charge in [-0.15, -0.1) is 0 Å². The Bertz CT molecular complexity index is 1360. The molecular weight excluding hydrogens is 402 g/mol. The van der Waals surface area contributed by atoms with Gasteiger partial charge in [-0.1, -0.05) is 19.1 Å². The van der Waals surface area contributed by atoms with Crippen LogP contribution in [-0.2, 0) is 11.8 Å². The average Bonchev–Trinajstić information content (AvgIpc) is 3.24. The van der Waals surface area contributed by atoms with Gasteiger partial charge in [0.1, 0.15) is 11.6 Å². The number of nitrogens with zero attached hydrogens (tertiary/aromatic N) is 4. The van der Waals surface area contributed by atoms with E-state index in [0.717, 1.165) is 33.2 Å². The molecule has 0 bridgehead atoms. The largest absolute Gasteiger partial charge is 0.398 e. The van der Waals surface area contributed by atoms with Crippen LogP contribution >= 0.6 is 0 Å². The molecule has 1 aliphatic carbocycles. The zero-order valence-electron chi connectivity index (χ0n) is 18.2.